The lowest BCUT2D eigenvalue weighted by molar-refractivity contribution is 0.0951. The van der Waals surface area contributed by atoms with Gasteiger partial charge in [-0.25, -0.2) is 0 Å². The molecule has 0 fully saturated rings. The summed E-state index contributed by atoms with van der Waals surface area (Å²) in [6.07, 6.45) is 0. The van der Waals surface area contributed by atoms with E-state index in [2.05, 4.69) is 10.6 Å². The van der Waals surface area contributed by atoms with E-state index >= 15 is 0 Å². The second-order valence-corrected chi connectivity index (χ2v) is 6.60. The van der Waals surface area contributed by atoms with Crippen molar-refractivity contribution in [2.24, 2.45) is 0 Å². The van der Waals surface area contributed by atoms with Crippen molar-refractivity contribution in [3.8, 4) is 5.75 Å². The van der Waals surface area contributed by atoms with Gasteiger partial charge in [0.2, 0.25) is 0 Å². The molecule has 0 aromatic heterocycles. The summed E-state index contributed by atoms with van der Waals surface area (Å²) in [6, 6.07) is 21.7. The van der Waals surface area contributed by atoms with E-state index in [4.69, 9.17) is 4.74 Å². The van der Waals surface area contributed by atoms with Crippen LogP contribution in [0.3, 0.4) is 0 Å². The minimum absolute atomic E-state index is 0.219. The molecule has 0 aliphatic heterocycles. The van der Waals surface area contributed by atoms with Crippen molar-refractivity contribution >= 4 is 17.5 Å². The molecule has 5 heteroatoms. The molecular formula is C24H24N2O3. The fourth-order valence-electron chi connectivity index (χ4n) is 2.89. The zero-order valence-electron chi connectivity index (χ0n) is 16.6. The predicted octanol–water partition coefficient (Wildman–Crippen LogP) is 4.58. The van der Waals surface area contributed by atoms with Crippen LogP contribution in [-0.2, 0) is 6.54 Å². The minimum Gasteiger partial charge on any atom is -0.494 e. The number of carbonyl (C=O) groups is 2. The number of carbonyl (C=O) groups excluding carboxylic acids is 2. The molecule has 29 heavy (non-hydrogen) atoms. The molecule has 0 atom stereocenters. The SMILES string of the molecule is CCOc1ccc(NC(=O)c2cccc(C(=O)NCc3ccccc3C)c2)cc1. The lowest BCUT2D eigenvalue weighted by Crippen LogP contribution is -2.23. The van der Waals surface area contributed by atoms with Gasteiger partial charge in [-0.1, -0.05) is 30.3 Å². The summed E-state index contributed by atoms with van der Waals surface area (Å²) < 4.78 is 5.40. The number of anilines is 1. The normalized spacial score (nSPS) is 10.3. The van der Waals surface area contributed by atoms with Crippen molar-refractivity contribution in [2.75, 3.05) is 11.9 Å². The van der Waals surface area contributed by atoms with Gasteiger partial charge in [0.25, 0.3) is 11.8 Å². The molecule has 0 spiro atoms. The van der Waals surface area contributed by atoms with Crippen LogP contribution in [0.2, 0.25) is 0 Å². The highest BCUT2D eigenvalue weighted by Crippen LogP contribution is 2.17. The number of nitrogens with one attached hydrogen (secondary N) is 2. The summed E-state index contributed by atoms with van der Waals surface area (Å²) in [5.74, 6) is 0.254. The summed E-state index contributed by atoms with van der Waals surface area (Å²) in [5, 5.41) is 5.74. The Hall–Kier alpha value is -3.60. The lowest BCUT2D eigenvalue weighted by atomic mass is 10.1. The van der Waals surface area contributed by atoms with E-state index in [1.807, 2.05) is 38.1 Å². The Balaban J connectivity index is 1.64. The zero-order chi connectivity index (χ0) is 20.6. The molecule has 2 amide bonds. The second kappa shape index (κ2) is 9.55. The standard InChI is InChI=1S/C24H24N2O3/c1-3-29-22-13-11-21(12-14-22)26-24(28)19-10-6-9-18(15-19)23(27)25-16-20-8-5-4-7-17(20)2/h4-15H,3,16H2,1-2H3,(H,25,27)(H,26,28). The fraction of sp³-hybridized carbons (Fsp3) is 0.167. The molecule has 3 aromatic carbocycles. The molecular weight excluding hydrogens is 364 g/mol. The van der Waals surface area contributed by atoms with Gasteiger partial charge in [0.15, 0.2) is 0 Å². The Morgan fingerprint density at radius 1 is 0.862 bits per heavy atom. The highest BCUT2D eigenvalue weighted by Gasteiger charge is 2.11. The van der Waals surface area contributed by atoms with Crippen molar-refractivity contribution in [1.82, 2.24) is 5.32 Å². The van der Waals surface area contributed by atoms with E-state index < -0.39 is 0 Å². The largest absolute Gasteiger partial charge is 0.494 e. The fourth-order valence-corrected chi connectivity index (χ4v) is 2.89. The van der Waals surface area contributed by atoms with E-state index in [1.54, 1.807) is 48.5 Å². The van der Waals surface area contributed by atoms with Crippen molar-refractivity contribution in [3.05, 3.63) is 95.1 Å². The highest BCUT2D eigenvalue weighted by atomic mass is 16.5. The number of benzene rings is 3. The summed E-state index contributed by atoms with van der Waals surface area (Å²) in [5.41, 5.74) is 3.70. The molecule has 0 aliphatic rings. The second-order valence-electron chi connectivity index (χ2n) is 6.60. The average molecular weight is 388 g/mol. The quantitative estimate of drug-likeness (QED) is 0.623. The van der Waals surface area contributed by atoms with E-state index in [0.717, 1.165) is 16.9 Å². The summed E-state index contributed by atoms with van der Waals surface area (Å²) in [7, 11) is 0. The molecule has 0 aliphatic carbocycles. The van der Waals surface area contributed by atoms with Gasteiger partial charge < -0.3 is 15.4 Å². The molecule has 0 radical (unpaired) electrons. The molecule has 2 N–H and O–H groups in total. The third kappa shape index (κ3) is 5.45. The van der Waals surface area contributed by atoms with Crippen LogP contribution in [0.1, 0.15) is 38.8 Å². The van der Waals surface area contributed by atoms with Gasteiger partial charge in [-0.2, -0.15) is 0 Å². The van der Waals surface area contributed by atoms with E-state index in [-0.39, 0.29) is 11.8 Å². The summed E-state index contributed by atoms with van der Waals surface area (Å²) in [6.45, 7) is 4.95. The number of rotatable bonds is 7. The Bertz CT molecular complexity index is 997. The van der Waals surface area contributed by atoms with Crippen molar-refractivity contribution < 1.29 is 14.3 Å². The monoisotopic (exact) mass is 388 g/mol. The topological polar surface area (TPSA) is 67.4 Å². The highest BCUT2D eigenvalue weighted by molar-refractivity contribution is 6.06. The minimum atomic E-state index is -0.275. The predicted molar refractivity (Wildman–Crippen MR) is 114 cm³/mol. The zero-order valence-corrected chi connectivity index (χ0v) is 16.6. The molecule has 3 aromatic rings. The van der Waals surface area contributed by atoms with Crippen LogP contribution in [0, 0.1) is 6.92 Å². The molecule has 0 saturated carbocycles. The van der Waals surface area contributed by atoms with Gasteiger partial charge in [0.1, 0.15) is 5.75 Å². The van der Waals surface area contributed by atoms with Crippen LogP contribution in [0.5, 0.6) is 5.75 Å². The van der Waals surface area contributed by atoms with Crippen molar-refractivity contribution in [3.63, 3.8) is 0 Å². The average Bonchev–Trinajstić information content (AvgIpc) is 2.74. The van der Waals surface area contributed by atoms with E-state index in [9.17, 15) is 9.59 Å². The maximum Gasteiger partial charge on any atom is 0.255 e. The lowest BCUT2D eigenvalue weighted by Gasteiger charge is -2.10. The molecule has 3 rings (SSSR count). The van der Waals surface area contributed by atoms with Crippen LogP contribution in [0.25, 0.3) is 0 Å². The van der Waals surface area contributed by atoms with Gasteiger partial charge in [-0.15, -0.1) is 0 Å². The first kappa shape index (κ1) is 20.1. The van der Waals surface area contributed by atoms with Crippen molar-refractivity contribution in [2.45, 2.75) is 20.4 Å². The number of amides is 2. The Labute approximate surface area is 170 Å². The maximum absolute atomic E-state index is 12.5. The Morgan fingerprint density at radius 2 is 1.55 bits per heavy atom. The van der Waals surface area contributed by atoms with Crippen molar-refractivity contribution in [1.29, 1.82) is 0 Å². The van der Waals surface area contributed by atoms with Crippen LogP contribution in [0.15, 0.2) is 72.8 Å². The third-order valence-electron chi connectivity index (χ3n) is 4.51. The van der Waals surface area contributed by atoms with Crippen LogP contribution in [0.4, 0.5) is 5.69 Å². The van der Waals surface area contributed by atoms with Crippen LogP contribution < -0.4 is 15.4 Å². The Kier molecular flexibility index (Phi) is 6.63. The molecule has 0 heterocycles. The Morgan fingerprint density at radius 3 is 2.24 bits per heavy atom. The number of hydrogen-bond acceptors (Lipinski definition) is 3. The number of hydrogen-bond donors (Lipinski definition) is 2. The van der Waals surface area contributed by atoms with Crippen LogP contribution >= 0.6 is 0 Å². The number of aryl methyl sites for hydroxylation is 1. The molecule has 148 valence electrons. The number of ether oxygens (including phenoxy) is 1. The maximum atomic E-state index is 12.5. The first-order valence-electron chi connectivity index (χ1n) is 9.54. The van der Waals surface area contributed by atoms with Gasteiger partial charge in [0.05, 0.1) is 6.61 Å². The first-order valence-corrected chi connectivity index (χ1v) is 9.54. The van der Waals surface area contributed by atoms with Gasteiger partial charge in [-0.3, -0.25) is 9.59 Å². The van der Waals surface area contributed by atoms with Gasteiger partial charge >= 0.3 is 0 Å². The van der Waals surface area contributed by atoms with Crippen LogP contribution in [-0.4, -0.2) is 18.4 Å². The third-order valence-corrected chi connectivity index (χ3v) is 4.51. The molecule has 5 nitrogen and oxygen atoms in total. The van der Waals surface area contributed by atoms with E-state index in [1.165, 1.54) is 0 Å². The molecule has 0 saturated heterocycles. The summed E-state index contributed by atoms with van der Waals surface area (Å²) in [4.78, 5) is 25.1. The summed E-state index contributed by atoms with van der Waals surface area (Å²) >= 11 is 0. The smallest absolute Gasteiger partial charge is 0.255 e. The van der Waals surface area contributed by atoms with Gasteiger partial charge in [0, 0.05) is 23.4 Å². The van der Waals surface area contributed by atoms with E-state index in [0.29, 0.717) is 30.0 Å². The molecule has 0 bridgehead atoms. The first-order chi connectivity index (χ1) is 14.1. The molecule has 0 unspecified atom stereocenters. The van der Waals surface area contributed by atoms with Gasteiger partial charge in [-0.05, 0) is 67.4 Å².